The van der Waals surface area contributed by atoms with Crippen LogP contribution < -0.4 is 5.84 Å². The monoisotopic (exact) mass is 255 g/mol. The molecule has 1 fully saturated rings. The fraction of sp³-hybridized carbons (Fsp3) is 0.857. The van der Waals surface area contributed by atoms with Gasteiger partial charge in [0.2, 0.25) is 0 Å². The minimum absolute atomic E-state index is 0.583. The first-order valence-electron chi connectivity index (χ1n) is 7.15. The van der Waals surface area contributed by atoms with Crippen molar-refractivity contribution in [2.45, 2.75) is 33.6 Å². The summed E-state index contributed by atoms with van der Waals surface area (Å²) < 4.78 is 5.34. The van der Waals surface area contributed by atoms with Crippen molar-refractivity contribution in [2.24, 2.45) is 11.8 Å². The van der Waals surface area contributed by atoms with Crippen LogP contribution in [0, 0.1) is 5.92 Å². The Balaban J connectivity index is 2.33. The topological polar surface area (TPSA) is 41.7 Å². The molecule has 0 bridgehead atoms. The third-order valence-electron chi connectivity index (χ3n) is 3.39. The van der Waals surface area contributed by atoms with E-state index in [2.05, 4.69) is 31.9 Å². The van der Waals surface area contributed by atoms with E-state index >= 15 is 0 Å². The highest BCUT2D eigenvalue weighted by molar-refractivity contribution is 5.03. The Labute approximate surface area is 112 Å². The summed E-state index contributed by atoms with van der Waals surface area (Å²) in [6.45, 7) is 12.4. The lowest BCUT2D eigenvalue weighted by Gasteiger charge is -2.28. The van der Waals surface area contributed by atoms with Crippen molar-refractivity contribution in [1.29, 1.82) is 0 Å². The van der Waals surface area contributed by atoms with Crippen molar-refractivity contribution in [3.8, 4) is 0 Å². The summed E-state index contributed by atoms with van der Waals surface area (Å²) in [6, 6.07) is 0. The molecule has 18 heavy (non-hydrogen) atoms. The van der Waals surface area contributed by atoms with Crippen molar-refractivity contribution in [1.82, 2.24) is 9.91 Å². The molecule has 0 saturated carbocycles. The van der Waals surface area contributed by atoms with E-state index in [1.54, 1.807) is 0 Å². The third-order valence-corrected chi connectivity index (χ3v) is 3.39. The minimum Gasteiger partial charge on any atom is -0.379 e. The quantitative estimate of drug-likeness (QED) is 0.557. The number of allylic oxidation sites excluding steroid dienone is 1. The van der Waals surface area contributed by atoms with Crippen LogP contribution >= 0.6 is 0 Å². The van der Waals surface area contributed by atoms with Crippen molar-refractivity contribution in [3.05, 3.63) is 11.8 Å². The maximum atomic E-state index is 6.06. The summed E-state index contributed by atoms with van der Waals surface area (Å²) in [6.07, 6.45) is 4.46. The molecule has 0 amide bonds. The number of nitrogens with zero attached hydrogens (tertiary/aromatic N) is 2. The van der Waals surface area contributed by atoms with E-state index < -0.39 is 0 Å². The van der Waals surface area contributed by atoms with E-state index in [1.165, 1.54) is 12.0 Å². The van der Waals surface area contributed by atoms with Gasteiger partial charge in [0.05, 0.1) is 13.2 Å². The molecular weight excluding hydrogens is 226 g/mol. The average molecular weight is 255 g/mol. The van der Waals surface area contributed by atoms with E-state index in [4.69, 9.17) is 10.6 Å². The summed E-state index contributed by atoms with van der Waals surface area (Å²) >= 11 is 0. The van der Waals surface area contributed by atoms with Gasteiger partial charge in [-0.1, -0.05) is 32.8 Å². The molecular formula is C14H29N3O. The Morgan fingerprint density at radius 1 is 1.39 bits per heavy atom. The predicted molar refractivity (Wildman–Crippen MR) is 76.0 cm³/mol. The zero-order valence-corrected chi connectivity index (χ0v) is 12.2. The van der Waals surface area contributed by atoms with Crippen LogP contribution in [0.4, 0.5) is 0 Å². The van der Waals surface area contributed by atoms with E-state index in [1.807, 2.05) is 5.01 Å². The number of hydrogen-bond acceptors (Lipinski definition) is 4. The number of morpholine rings is 1. The van der Waals surface area contributed by atoms with Crippen LogP contribution in [0.5, 0.6) is 0 Å². The van der Waals surface area contributed by atoms with Gasteiger partial charge in [0.25, 0.3) is 0 Å². The molecule has 0 radical (unpaired) electrons. The first-order chi connectivity index (χ1) is 8.63. The SMILES string of the molecule is CCC/C(=C\N(N)CCN1CCOCC1)C(C)C. The van der Waals surface area contributed by atoms with Crippen LogP contribution in [0.1, 0.15) is 33.6 Å². The lowest BCUT2D eigenvalue weighted by molar-refractivity contribution is 0.0352. The molecule has 1 aliphatic rings. The second-order valence-corrected chi connectivity index (χ2v) is 5.30. The first kappa shape index (κ1) is 15.5. The molecule has 0 aromatic carbocycles. The van der Waals surface area contributed by atoms with Crippen LogP contribution in [0.15, 0.2) is 11.8 Å². The summed E-state index contributed by atoms with van der Waals surface area (Å²) in [4.78, 5) is 2.41. The maximum Gasteiger partial charge on any atom is 0.0594 e. The van der Waals surface area contributed by atoms with Gasteiger partial charge in [-0.05, 0) is 12.3 Å². The fourth-order valence-electron chi connectivity index (χ4n) is 2.15. The van der Waals surface area contributed by atoms with E-state index in [9.17, 15) is 0 Å². The molecule has 0 aliphatic carbocycles. The predicted octanol–water partition coefficient (Wildman–Crippen LogP) is 1.83. The molecule has 0 aromatic heterocycles. The van der Waals surface area contributed by atoms with Crippen LogP contribution in [0.3, 0.4) is 0 Å². The first-order valence-corrected chi connectivity index (χ1v) is 7.15. The summed E-state index contributed by atoms with van der Waals surface area (Å²) in [7, 11) is 0. The van der Waals surface area contributed by atoms with Crippen molar-refractivity contribution in [3.63, 3.8) is 0 Å². The highest BCUT2D eigenvalue weighted by atomic mass is 16.5. The molecule has 1 rings (SSSR count). The molecule has 1 heterocycles. The van der Waals surface area contributed by atoms with E-state index in [0.717, 1.165) is 45.8 Å². The van der Waals surface area contributed by atoms with Crippen LogP contribution in [0.25, 0.3) is 0 Å². The lowest BCUT2D eigenvalue weighted by atomic mass is 10.00. The number of ether oxygens (including phenoxy) is 1. The molecule has 1 saturated heterocycles. The standard InChI is InChI=1S/C14H29N3O/c1-4-5-14(13(2)3)12-17(15)7-6-16-8-10-18-11-9-16/h12-13H,4-11,15H2,1-3H3/b14-12+. The van der Waals surface area contributed by atoms with Crippen molar-refractivity contribution >= 4 is 0 Å². The largest absolute Gasteiger partial charge is 0.379 e. The Kier molecular flexibility index (Phi) is 7.32. The number of nitrogens with two attached hydrogens (primary N) is 1. The molecule has 0 unspecified atom stereocenters. The van der Waals surface area contributed by atoms with Gasteiger partial charge in [-0.3, -0.25) is 4.90 Å². The molecule has 4 heteroatoms. The van der Waals surface area contributed by atoms with Crippen LogP contribution in [0.2, 0.25) is 0 Å². The van der Waals surface area contributed by atoms with Crippen molar-refractivity contribution in [2.75, 3.05) is 39.4 Å². The summed E-state index contributed by atoms with van der Waals surface area (Å²) in [5.41, 5.74) is 1.45. The molecule has 2 N–H and O–H groups in total. The summed E-state index contributed by atoms with van der Waals surface area (Å²) in [5.74, 6) is 6.64. The Morgan fingerprint density at radius 3 is 2.61 bits per heavy atom. The highest BCUT2D eigenvalue weighted by Crippen LogP contribution is 2.15. The average Bonchev–Trinajstić information content (AvgIpc) is 2.37. The fourth-order valence-corrected chi connectivity index (χ4v) is 2.15. The number of hydrogen-bond donors (Lipinski definition) is 1. The lowest BCUT2D eigenvalue weighted by Crippen LogP contribution is -2.42. The second-order valence-electron chi connectivity index (χ2n) is 5.30. The van der Waals surface area contributed by atoms with E-state index in [-0.39, 0.29) is 0 Å². The Morgan fingerprint density at radius 2 is 2.06 bits per heavy atom. The van der Waals surface area contributed by atoms with Gasteiger partial charge in [-0.25, -0.2) is 5.84 Å². The van der Waals surface area contributed by atoms with Gasteiger partial charge in [0, 0.05) is 32.4 Å². The summed E-state index contributed by atoms with van der Waals surface area (Å²) in [5, 5.41) is 1.85. The second kappa shape index (κ2) is 8.51. The Bertz CT molecular complexity index is 247. The number of rotatable bonds is 7. The normalized spacial score (nSPS) is 18.4. The van der Waals surface area contributed by atoms with Gasteiger partial charge in [-0.2, -0.15) is 0 Å². The molecule has 0 atom stereocenters. The maximum absolute atomic E-state index is 6.06. The Hall–Kier alpha value is -0.580. The number of hydrazine groups is 1. The molecule has 1 aliphatic heterocycles. The van der Waals surface area contributed by atoms with E-state index in [0.29, 0.717) is 5.92 Å². The third kappa shape index (κ3) is 5.85. The van der Waals surface area contributed by atoms with Crippen LogP contribution in [-0.2, 0) is 4.74 Å². The molecule has 0 aromatic rings. The van der Waals surface area contributed by atoms with Gasteiger partial charge in [0.15, 0.2) is 0 Å². The molecule has 4 nitrogen and oxygen atoms in total. The highest BCUT2D eigenvalue weighted by Gasteiger charge is 2.10. The van der Waals surface area contributed by atoms with Gasteiger partial charge in [0.1, 0.15) is 0 Å². The van der Waals surface area contributed by atoms with Gasteiger partial charge in [-0.15, -0.1) is 0 Å². The zero-order valence-electron chi connectivity index (χ0n) is 12.2. The minimum atomic E-state index is 0.583. The van der Waals surface area contributed by atoms with Crippen molar-refractivity contribution < 1.29 is 4.74 Å². The zero-order chi connectivity index (χ0) is 13.4. The van der Waals surface area contributed by atoms with Gasteiger partial charge >= 0.3 is 0 Å². The van der Waals surface area contributed by atoms with Crippen LogP contribution in [-0.4, -0.2) is 49.3 Å². The smallest absolute Gasteiger partial charge is 0.0594 e. The molecule has 0 spiro atoms. The van der Waals surface area contributed by atoms with Gasteiger partial charge < -0.3 is 9.75 Å². The molecule has 106 valence electrons.